The summed E-state index contributed by atoms with van der Waals surface area (Å²) < 4.78 is 6.20. The first-order valence-electron chi connectivity index (χ1n) is 7.20. The predicted molar refractivity (Wildman–Crippen MR) is 75.7 cm³/mol. The van der Waals surface area contributed by atoms with Crippen LogP contribution in [0.5, 0.6) is 5.75 Å². The Bertz CT molecular complexity index is 389. The van der Waals surface area contributed by atoms with Crippen molar-refractivity contribution in [2.75, 3.05) is 0 Å². The van der Waals surface area contributed by atoms with E-state index < -0.39 is 0 Å². The third-order valence-corrected chi connectivity index (χ3v) is 4.19. The van der Waals surface area contributed by atoms with Gasteiger partial charge in [-0.25, -0.2) is 0 Å². The molecule has 2 N–H and O–H groups in total. The second-order valence-electron chi connectivity index (χ2n) is 5.40. The van der Waals surface area contributed by atoms with Crippen molar-refractivity contribution >= 4 is 0 Å². The van der Waals surface area contributed by atoms with Gasteiger partial charge in [0, 0.05) is 6.54 Å². The molecule has 2 nitrogen and oxygen atoms in total. The van der Waals surface area contributed by atoms with E-state index in [9.17, 15) is 0 Å². The number of rotatable bonds is 4. The predicted octanol–water partition coefficient (Wildman–Crippen LogP) is 3.80. The molecular formula is C16H25NO. The molecular weight excluding hydrogens is 222 g/mol. The molecule has 2 rings (SSSR count). The lowest BCUT2D eigenvalue weighted by Crippen LogP contribution is -2.29. The molecule has 1 aromatic rings. The molecule has 0 heterocycles. The molecule has 2 heteroatoms. The van der Waals surface area contributed by atoms with Gasteiger partial charge in [0.15, 0.2) is 0 Å². The molecule has 0 radical (unpaired) electrons. The molecule has 0 bridgehead atoms. The Morgan fingerprint density at radius 1 is 1.28 bits per heavy atom. The van der Waals surface area contributed by atoms with Crippen LogP contribution in [0, 0.1) is 12.8 Å². The summed E-state index contributed by atoms with van der Waals surface area (Å²) in [4.78, 5) is 0. The quantitative estimate of drug-likeness (QED) is 0.878. The summed E-state index contributed by atoms with van der Waals surface area (Å²) in [6.07, 6.45) is 6.83. The van der Waals surface area contributed by atoms with Crippen molar-refractivity contribution in [1.82, 2.24) is 0 Å². The number of hydrogen-bond acceptors (Lipinski definition) is 2. The van der Waals surface area contributed by atoms with Crippen molar-refractivity contribution in [2.45, 2.75) is 58.6 Å². The highest BCUT2D eigenvalue weighted by Gasteiger charge is 2.25. The Morgan fingerprint density at radius 2 is 2.06 bits per heavy atom. The van der Waals surface area contributed by atoms with Gasteiger partial charge in [-0.15, -0.1) is 0 Å². The number of hydrogen-bond donors (Lipinski definition) is 1. The van der Waals surface area contributed by atoms with Gasteiger partial charge in [0.25, 0.3) is 0 Å². The lowest BCUT2D eigenvalue weighted by molar-refractivity contribution is 0.0903. The average molecular weight is 247 g/mol. The molecule has 1 fully saturated rings. The smallest absolute Gasteiger partial charge is 0.120 e. The van der Waals surface area contributed by atoms with Crippen LogP contribution < -0.4 is 10.5 Å². The minimum atomic E-state index is 0.409. The topological polar surface area (TPSA) is 35.2 Å². The highest BCUT2D eigenvalue weighted by molar-refractivity contribution is 5.34. The molecule has 18 heavy (non-hydrogen) atoms. The summed E-state index contributed by atoms with van der Waals surface area (Å²) in [5.74, 6) is 1.74. The molecule has 0 aliphatic heterocycles. The van der Waals surface area contributed by atoms with E-state index in [0.717, 1.165) is 11.7 Å². The Hall–Kier alpha value is -1.02. The van der Waals surface area contributed by atoms with E-state index in [0.29, 0.717) is 12.6 Å². The van der Waals surface area contributed by atoms with E-state index in [2.05, 4.69) is 32.0 Å². The van der Waals surface area contributed by atoms with E-state index in [4.69, 9.17) is 10.5 Å². The van der Waals surface area contributed by atoms with Crippen LogP contribution in [-0.2, 0) is 6.54 Å². The maximum Gasteiger partial charge on any atom is 0.120 e. The summed E-state index contributed by atoms with van der Waals surface area (Å²) in [6.45, 7) is 4.98. The van der Waals surface area contributed by atoms with Crippen LogP contribution >= 0.6 is 0 Å². The number of aryl methyl sites for hydroxylation is 1. The van der Waals surface area contributed by atoms with Crippen LogP contribution in [0.3, 0.4) is 0 Å². The van der Waals surface area contributed by atoms with Crippen LogP contribution in [0.1, 0.15) is 50.2 Å². The van der Waals surface area contributed by atoms with Gasteiger partial charge in [0.05, 0.1) is 0 Å². The summed E-state index contributed by atoms with van der Waals surface area (Å²) in [5, 5.41) is 0. The highest BCUT2D eigenvalue weighted by Crippen LogP contribution is 2.31. The van der Waals surface area contributed by atoms with Crippen molar-refractivity contribution in [3.05, 3.63) is 29.3 Å². The third-order valence-electron chi connectivity index (χ3n) is 4.19. The van der Waals surface area contributed by atoms with Crippen LogP contribution in [0.15, 0.2) is 18.2 Å². The van der Waals surface area contributed by atoms with Crippen LogP contribution in [0.25, 0.3) is 0 Å². The number of benzene rings is 1. The second-order valence-corrected chi connectivity index (χ2v) is 5.40. The molecule has 0 aromatic heterocycles. The van der Waals surface area contributed by atoms with Crippen molar-refractivity contribution in [2.24, 2.45) is 11.7 Å². The average Bonchev–Trinajstić information content (AvgIpc) is 2.39. The van der Waals surface area contributed by atoms with Crippen molar-refractivity contribution < 1.29 is 4.74 Å². The largest absolute Gasteiger partial charge is 0.490 e. The summed E-state index contributed by atoms with van der Waals surface area (Å²) >= 11 is 0. The second kappa shape index (κ2) is 6.24. The fourth-order valence-electron chi connectivity index (χ4n) is 2.94. The molecule has 1 aliphatic carbocycles. The van der Waals surface area contributed by atoms with Gasteiger partial charge in [-0.05, 0) is 61.8 Å². The van der Waals surface area contributed by atoms with E-state index in [1.54, 1.807) is 0 Å². The van der Waals surface area contributed by atoms with Gasteiger partial charge < -0.3 is 10.5 Å². The molecule has 100 valence electrons. The van der Waals surface area contributed by atoms with Gasteiger partial charge in [-0.1, -0.05) is 19.4 Å². The zero-order chi connectivity index (χ0) is 13.0. The van der Waals surface area contributed by atoms with Crippen LogP contribution in [0.2, 0.25) is 0 Å². The monoisotopic (exact) mass is 247 g/mol. The minimum absolute atomic E-state index is 0.409. The molecule has 0 saturated heterocycles. The fourth-order valence-corrected chi connectivity index (χ4v) is 2.94. The van der Waals surface area contributed by atoms with Crippen molar-refractivity contribution in [3.8, 4) is 5.75 Å². The maximum absolute atomic E-state index is 6.20. The standard InChI is InChI=1S/C16H25NO/c1-3-13-6-4-5-7-16(13)18-15-9-8-14(11-17)12(2)10-15/h8-10,13,16H,3-7,11,17H2,1-2H3. The number of ether oxygens (including phenoxy) is 1. The van der Waals surface area contributed by atoms with Crippen molar-refractivity contribution in [1.29, 1.82) is 0 Å². The Kier molecular flexibility index (Phi) is 4.65. The SMILES string of the molecule is CCC1CCCCC1Oc1ccc(CN)c(C)c1. The highest BCUT2D eigenvalue weighted by atomic mass is 16.5. The van der Waals surface area contributed by atoms with E-state index in [1.165, 1.54) is 43.2 Å². The first-order valence-corrected chi connectivity index (χ1v) is 7.20. The zero-order valence-corrected chi connectivity index (χ0v) is 11.6. The first-order chi connectivity index (χ1) is 8.74. The van der Waals surface area contributed by atoms with Crippen molar-refractivity contribution in [3.63, 3.8) is 0 Å². The van der Waals surface area contributed by atoms with Gasteiger partial charge in [0.1, 0.15) is 11.9 Å². The van der Waals surface area contributed by atoms with E-state index >= 15 is 0 Å². The third kappa shape index (κ3) is 3.05. The first kappa shape index (κ1) is 13.4. The van der Waals surface area contributed by atoms with Gasteiger partial charge >= 0.3 is 0 Å². The van der Waals surface area contributed by atoms with Gasteiger partial charge in [-0.2, -0.15) is 0 Å². The normalized spacial score (nSPS) is 23.9. The minimum Gasteiger partial charge on any atom is -0.490 e. The van der Waals surface area contributed by atoms with E-state index in [1.807, 2.05) is 0 Å². The fraction of sp³-hybridized carbons (Fsp3) is 0.625. The molecule has 1 aromatic carbocycles. The summed E-state index contributed by atoms with van der Waals surface area (Å²) in [5.41, 5.74) is 8.13. The Labute approximate surface area is 111 Å². The Balaban J connectivity index is 2.05. The van der Waals surface area contributed by atoms with Crippen LogP contribution in [-0.4, -0.2) is 6.10 Å². The molecule has 1 aliphatic rings. The zero-order valence-electron chi connectivity index (χ0n) is 11.6. The molecule has 2 atom stereocenters. The maximum atomic E-state index is 6.20. The van der Waals surface area contributed by atoms with Crippen LogP contribution in [0.4, 0.5) is 0 Å². The lowest BCUT2D eigenvalue weighted by atomic mass is 9.85. The molecule has 2 unspecified atom stereocenters. The summed E-state index contributed by atoms with van der Waals surface area (Å²) in [7, 11) is 0. The summed E-state index contributed by atoms with van der Waals surface area (Å²) in [6, 6.07) is 6.29. The number of nitrogens with two attached hydrogens (primary N) is 1. The molecule has 0 amide bonds. The van der Waals surface area contributed by atoms with Gasteiger partial charge in [0.2, 0.25) is 0 Å². The lowest BCUT2D eigenvalue weighted by Gasteiger charge is -2.31. The van der Waals surface area contributed by atoms with E-state index in [-0.39, 0.29) is 0 Å². The van der Waals surface area contributed by atoms with Gasteiger partial charge in [-0.3, -0.25) is 0 Å². The Morgan fingerprint density at radius 3 is 2.72 bits per heavy atom. The molecule has 1 saturated carbocycles. The molecule has 0 spiro atoms.